The smallest absolute Gasteiger partial charge is 0.212 e. The van der Waals surface area contributed by atoms with Crippen molar-refractivity contribution in [2.24, 2.45) is 0 Å². The van der Waals surface area contributed by atoms with Gasteiger partial charge in [0.25, 0.3) is 0 Å². The first-order chi connectivity index (χ1) is 15.7. The minimum atomic E-state index is 0.346. The predicted octanol–water partition coefficient (Wildman–Crippen LogP) is 2.45. The fourth-order valence-electron chi connectivity index (χ4n) is 3.66. The molecular formula is C23H20N6O3. The van der Waals surface area contributed by atoms with Gasteiger partial charge in [0.15, 0.2) is 11.6 Å². The molecule has 4 heterocycles. The largest absolute Gasteiger partial charge is 0.497 e. The number of imidazole rings is 1. The monoisotopic (exact) mass is 428 g/mol. The van der Waals surface area contributed by atoms with Crippen LogP contribution in [0.25, 0.3) is 17.1 Å². The topological polar surface area (TPSA) is 89.1 Å². The maximum Gasteiger partial charge on any atom is 0.212 e. The fraction of sp³-hybridized carbons (Fsp3) is 0.217. The second kappa shape index (κ2) is 8.17. The van der Waals surface area contributed by atoms with Gasteiger partial charge in [-0.15, -0.1) is 10.2 Å². The van der Waals surface area contributed by atoms with Crippen LogP contribution in [0, 0.1) is 11.8 Å². The Kier molecular flexibility index (Phi) is 5.05. The lowest BCUT2D eigenvalue weighted by Crippen LogP contribution is -2.09. The zero-order valence-electron chi connectivity index (χ0n) is 17.9. The zero-order valence-corrected chi connectivity index (χ0v) is 17.9. The van der Waals surface area contributed by atoms with Crippen LogP contribution in [0.15, 0.2) is 42.9 Å². The lowest BCUT2D eigenvalue weighted by Gasteiger charge is -2.09. The summed E-state index contributed by atoms with van der Waals surface area (Å²) in [6.45, 7) is 0.849. The second-order valence-corrected chi connectivity index (χ2v) is 7.09. The molecule has 5 rings (SSSR count). The number of hydrogen-bond donors (Lipinski definition) is 0. The molecule has 0 fully saturated rings. The van der Waals surface area contributed by atoms with E-state index in [1.807, 2.05) is 33.4 Å². The molecule has 1 aromatic carbocycles. The highest BCUT2D eigenvalue weighted by molar-refractivity contribution is 5.71. The molecule has 1 aliphatic rings. The van der Waals surface area contributed by atoms with E-state index in [4.69, 9.17) is 14.2 Å². The quantitative estimate of drug-likeness (QED) is 0.406. The lowest BCUT2D eigenvalue weighted by molar-refractivity contribution is 0.174. The molecule has 0 N–H and O–H groups in total. The van der Waals surface area contributed by atoms with E-state index in [0.29, 0.717) is 24.7 Å². The highest BCUT2D eigenvalue weighted by atomic mass is 16.5. The fourth-order valence-corrected chi connectivity index (χ4v) is 3.66. The van der Waals surface area contributed by atoms with Crippen molar-refractivity contribution in [1.29, 1.82) is 0 Å². The molecule has 0 atom stereocenters. The summed E-state index contributed by atoms with van der Waals surface area (Å²) >= 11 is 0. The van der Waals surface area contributed by atoms with Gasteiger partial charge >= 0.3 is 0 Å². The van der Waals surface area contributed by atoms with Crippen LogP contribution in [0.3, 0.4) is 0 Å². The van der Waals surface area contributed by atoms with Gasteiger partial charge in [0.05, 0.1) is 32.1 Å². The first-order valence-electron chi connectivity index (χ1n) is 9.90. The van der Waals surface area contributed by atoms with Gasteiger partial charge in [-0.1, -0.05) is 5.92 Å². The van der Waals surface area contributed by atoms with E-state index in [2.05, 4.69) is 32.0 Å². The number of ether oxygens (including phenoxy) is 3. The first kappa shape index (κ1) is 19.8. The van der Waals surface area contributed by atoms with Crippen molar-refractivity contribution in [2.75, 3.05) is 21.3 Å². The molecule has 0 unspecified atom stereocenters. The van der Waals surface area contributed by atoms with Crippen molar-refractivity contribution in [1.82, 2.24) is 29.3 Å². The van der Waals surface area contributed by atoms with Gasteiger partial charge in [0.2, 0.25) is 5.88 Å². The van der Waals surface area contributed by atoms with Crippen LogP contribution in [0.4, 0.5) is 0 Å². The van der Waals surface area contributed by atoms with Crippen molar-refractivity contribution in [2.45, 2.75) is 13.2 Å². The Hall–Kier alpha value is -4.16. The highest BCUT2D eigenvalue weighted by Crippen LogP contribution is 2.34. The Bertz CT molecular complexity index is 1340. The summed E-state index contributed by atoms with van der Waals surface area (Å²) < 4.78 is 20.0. The van der Waals surface area contributed by atoms with Gasteiger partial charge in [-0.3, -0.25) is 4.57 Å². The van der Waals surface area contributed by atoms with E-state index < -0.39 is 0 Å². The Balaban J connectivity index is 1.64. The second-order valence-electron chi connectivity index (χ2n) is 7.09. The number of aromatic nitrogens is 6. The Morgan fingerprint density at radius 2 is 1.91 bits per heavy atom. The van der Waals surface area contributed by atoms with E-state index in [9.17, 15) is 0 Å². The maximum atomic E-state index is 5.44. The molecule has 4 aromatic rings. The molecule has 160 valence electrons. The Morgan fingerprint density at radius 1 is 1.00 bits per heavy atom. The number of benzene rings is 1. The number of hydrogen-bond acceptors (Lipinski definition) is 7. The van der Waals surface area contributed by atoms with E-state index in [0.717, 1.165) is 39.9 Å². The van der Waals surface area contributed by atoms with Crippen molar-refractivity contribution < 1.29 is 14.2 Å². The number of rotatable bonds is 4. The lowest BCUT2D eigenvalue weighted by atomic mass is 10.1. The highest BCUT2D eigenvalue weighted by Gasteiger charge is 2.26. The molecule has 0 saturated carbocycles. The average Bonchev–Trinajstić information content (AvgIpc) is 3.39. The molecule has 0 aliphatic carbocycles. The molecule has 1 aliphatic heterocycles. The molecule has 9 heteroatoms. The summed E-state index contributed by atoms with van der Waals surface area (Å²) in [4.78, 5) is 8.79. The Morgan fingerprint density at radius 3 is 2.66 bits per heavy atom. The van der Waals surface area contributed by atoms with Crippen LogP contribution in [-0.4, -0.2) is 50.6 Å². The Labute approximate surface area is 184 Å². The molecule has 0 saturated heterocycles. The first-order valence-corrected chi connectivity index (χ1v) is 9.90. The van der Waals surface area contributed by atoms with E-state index in [1.54, 1.807) is 39.9 Å². The number of nitrogens with zero attached hydrogens (tertiary/aromatic N) is 6. The zero-order chi connectivity index (χ0) is 22.1. The average molecular weight is 428 g/mol. The van der Waals surface area contributed by atoms with E-state index >= 15 is 0 Å². The molecular weight excluding hydrogens is 408 g/mol. The van der Waals surface area contributed by atoms with Crippen LogP contribution >= 0.6 is 0 Å². The summed E-state index contributed by atoms with van der Waals surface area (Å²) in [5, 5.41) is 8.78. The van der Waals surface area contributed by atoms with Gasteiger partial charge in [-0.05, 0) is 30.2 Å². The maximum absolute atomic E-state index is 5.44. The standard InChI is InChI=1S/C23H20N6O3/c1-30-13-21-26-27-23-17-10-16(31-2)6-8-19(17)29-14-25-18(20(29)12-28(21)23)7-4-15-5-9-22(32-3)24-11-15/h5-6,8-11,14H,12-13H2,1-3H3. The van der Waals surface area contributed by atoms with Gasteiger partial charge in [0.1, 0.15) is 24.4 Å². The molecule has 3 aromatic heterocycles. The normalized spacial score (nSPS) is 11.5. The van der Waals surface area contributed by atoms with Gasteiger partial charge in [0, 0.05) is 30.5 Å². The number of fused-ring (bicyclic) bond motifs is 5. The predicted molar refractivity (Wildman–Crippen MR) is 116 cm³/mol. The SMILES string of the molecule is COCc1nnc2n1Cc1c(C#Cc3ccc(OC)nc3)ncn1-c1ccc(OC)cc1-2. The summed E-state index contributed by atoms with van der Waals surface area (Å²) in [6.07, 6.45) is 3.46. The summed E-state index contributed by atoms with van der Waals surface area (Å²) in [7, 11) is 4.86. The molecule has 0 bridgehead atoms. The minimum Gasteiger partial charge on any atom is -0.497 e. The van der Waals surface area contributed by atoms with E-state index in [-0.39, 0.29) is 0 Å². The molecule has 0 spiro atoms. The third kappa shape index (κ3) is 3.36. The van der Waals surface area contributed by atoms with Crippen LogP contribution < -0.4 is 9.47 Å². The number of pyridine rings is 1. The molecule has 32 heavy (non-hydrogen) atoms. The van der Waals surface area contributed by atoms with Gasteiger partial charge < -0.3 is 18.8 Å². The van der Waals surface area contributed by atoms with Crippen molar-refractivity contribution in [3.05, 3.63) is 65.6 Å². The third-order valence-corrected chi connectivity index (χ3v) is 5.25. The van der Waals surface area contributed by atoms with Crippen molar-refractivity contribution >= 4 is 0 Å². The van der Waals surface area contributed by atoms with E-state index in [1.165, 1.54) is 0 Å². The minimum absolute atomic E-state index is 0.346. The molecule has 9 nitrogen and oxygen atoms in total. The van der Waals surface area contributed by atoms with Crippen LogP contribution in [0.2, 0.25) is 0 Å². The molecule has 0 radical (unpaired) electrons. The summed E-state index contributed by atoms with van der Waals surface area (Å²) in [6, 6.07) is 9.50. The van der Waals surface area contributed by atoms with Gasteiger partial charge in [-0.2, -0.15) is 0 Å². The van der Waals surface area contributed by atoms with Crippen LogP contribution in [0.5, 0.6) is 11.6 Å². The molecule has 0 amide bonds. The third-order valence-electron chi connectivity index (χ3n) is 5.25. The van der Waals surface area contributed by atoms with Crippen molar-refractivity contribution in [3.63, 3.8) is 0 Å². The van der Waals surface area contributed by atoms with Gasteiger partial charge in [-0.25, -0.2) is 9.97 Å². The van der Waals surface area contributed by atoms with Crippen LogP contribution in [-0.2, 0) is 17.9 Å². The summed E-state index contributed by atoms with van der Waals surface area (Å²) in [5.74, 6) is 9.08. The van der Waals surface area contributed by atoms with Crippen LogP contribution in [0.1, 0.15) is 22.8 Å². The van der Waals surface area contributed by atoms with Crippen molar-refractivity contribution in [3.8, 4) is 40.5 Å². The number of methoxy groups -OCH3 is 3. The summed E-state index contributed by atoms with van der Waals surface area (Å²) in [5.41, 5.74) is 4.21.